The molecule has 1 amide bonds. The van der Waals surface area contributed by atoms with Crippen LogP contribution < -0.4 is 11.1 Å². The van der Waals surface area contributed by atoms with Crippen LogP contribution in [0.15, 0.2) is 0 Å². The quantitative estimate of drug-likeness (QED) is 0.842. The Kier molecular flexibility index (Phi) is 3.98. The predicted molar refractivity (Wildman–Crippen MR) is 65.2 cm³/mol. The van der Waals surface area contributed by atoms with Gasteiger partial charge in [-0.15, -0.1) is 10.2 Å². The Balaban J connectivity index is 2.62. The molecule has 0 aromatic carbocycles. The van der Waals surface area contributed by atoms with Crippen LogP contribution in [-0.2, 0) is 10.3 Å². The van der Waals surface area contributed by atoms with Crippen molar-refractivity contribution in [2.45, 2.75) is 39.7 Å². The van der Waals surface area contributed by atoms with Crippen molar-refractivity contribution in [2.75, 3.05) is 5.32 Å². The minimum atomic E-state index is -0.515. The highest BCUT2D eigenvalue weighted by Gasteiger charge is 2.20. The fourth-order valence-electron chi connectivity index (χ4n) is 1.08. The van der Waals surface area contributed by atoms with Crippen molar-refractivity contribution < 1.29 is 4.79 Å². The van der Waals surface area contributed by atoms with Crippen molar-refractivity contribution in [2.24, 2.45) is 11.7 Å². The monoisotopic (exact) mass is 242 g/mol. The Morgan fingerprint density at radius 2 is 2.12 bits per heavy atom. The molecule has 0 bridgehead atoms. The lowest BCUT2D eigenvalue weighted by molar-refractivity contribution is -0.116. The third-order valence-corrected chi connectivity index (χ3v) is 2.99. The molecular formula is C10H18N4OS. The van der Waals surface area contributed by atoms with E-state index in [4.69, 9.17) is 5.73 Å². The summed E-state index contributed by atoms with van der Waals surface area (Å²) >= 11 is 1.32. The standard InChI is InChI=1S/C10H18N4OS/c1-6(2)5-7(15)12-9-14-13-8(16-9)10(3,4)11/h6H,5,11H2,1-4H3,(H,12,14,15). The number of nitrogens with zero attached hydrogens (tertiary/aromatic N) is 2. The molecule has 1 aromatic rings. The molecule has 5 nitrogen and oxygen atoms in total. The Morgan fingerprint density at radius 3 is 2.56 bits per heavy atom. The fourth-order valence-corrected chi connectivity index (χ4v) is 1.85. The van der Waals surface area contributed by atoms with Crippen molar-refractivity contribution in [1.82, 2.24) is 10.2 Å². The van der Waals surface area contributed by atoms with Gasteiger partial charge in [0.1, 0.15) is 5.01 Å². The van der Waals surface area contributed by atoms with Crippen LogP contribution >= 0.6 is 11.3 Å². The van der Waals surface area contributed by atoms with Crippen LogP contribution in [-0.4, -0.2) is 16.1 Å². The Morgan fingerprint density at radius 1 is 1.50 bits per heavy atom. The van der Waals surface area contributed by atoms with E-state index in [1.807, 2.05) is 27.7 Å². The van der Waals surface area contributed by atoms with Gasteiger partial charge < -0.3 is 11.1 Å². The maximum Gasteiger partial charge on any atom is 0.226 e. The molecule has 0 saturated carbocycles. The van der Waals surface area contributed by atoms with Crippen LogP contribution in [0, 0.1) is 5.92 Å². The predicted octanol–water partition coefficient (Wildman–Crippen LogP) is 1.72. The van der Waals surface area contributed by atoms with Gasteiger partial charge in [-0.2, -0.15) is 0 Å². The molecule has 0 fully saturated rings. The number of anilines is 1. The summed E-state index contributed by atoms with van der Waals surface area (Å²) in [5.74, 6) is 0.297. The van der Waals surface area contributed by atoms with Gasteiger partial charge in [0.25, 0.3) is 0 Å². The highest BCUT2D eigenvalue weighted by atomic mass is 32.1. The topological polar surface area (TPSA) is 80.9 Å². The van der Waals surface area contributed by atoms with Gasteiger partial charge >= 0.3 is 0 Å². The molecule has 0 aliphatic heterocycles. The largest absolute Gasteiger partial charge is 0.320 e. The number of hydrogen-bond donors (Lipinski definition) is 2. The van der Waals surface area contributed by atoms with Crippen LogP contribution in [0.2, 0.25) is 0 Å². The third kappa shape index (κ3) is 3.86. The van der Waals surface area contributed by atoms with Gasteiger partial charge in [0.05, 0.1) is 5.54 Å². The Labute approximate surface area is 99.5 Å². The average molecular weight is 242 g/mol. The second-order valence-electron chi connectivity index (χ2n) is 4.78. The highest BCUT2D eigenvalue weighted by Crippen LogP contribution is 2.24. The number of hydrogen-bond acceptors (Lipinski definition) is 5. The minimum absolute atomic E-state index is 0.0347. The second-order valence-corrected chi connectivity index (χ2v) is 5.76. The van der Waals surface area contributed by atoms with Gasteiger partial charge in [0.2, 0.25) is 11.0 Å². The first-order valence-electron chi connectivity index (χ1n) is 5.21. The first kappa shape index (κ1) is 13.1. The van der Waals surface area contributed by atoms with Gasteiger partial charge in [0.15, 0.2) is 0 Å². The van der Waals surface area contributed by atoms with E-state index in [2.05, 4.69) is 15.5 Å². The molecule has 0 unspecified atom stereocenters. The maximum atomic E-state index is 11.5. The summed E-state index contributed by atoms with van der Waals surface area (Å²) in [7, 11) is 0. The van der Waals surface area contributed by atoms with Crippen LogP contribution in [0.1, 0.15) is 39.1 Å². The molecular weight excluding hydrogens is 224 g/mol. The number of carbonyl (C=O) groups is 1. The SMILES string of the molecule is CC(C)CC(=O)Nc1nnc(C(C)(C)N)s1. The molecule has 1 rings (SSSR count). The van der Waals surface area contributed by atoms with Gasteiger partial charge in [-0.25, -0.2) is 0 Å². The minimum Gasteiger partial charge on any atom is -0.320 e. The first-order valence-corrected chi connectivity index (χ1v) is 6.03. The Hall–Kier alpha value is -1.01. The molecule has 6 heteroatoms. The van der Waals surface area contributed by atoms with Crippen LogP contribution in [0.3, 0.4) is 0 Å². The summed E-state index contributed by atoms with van der Waals surface area (Å²) in [5.41, 5.74) is 5.36. The first-order chi connectivity index (χ1) is 7.29. The summed E-state index contributed by atoms with van der Waals surface area (Å²) < 4.78 is 0. The molecule has 90 valence electrons. The van der Waals surface area contributed by atoms with Gasteiger partial charge in [0, 0.05) is 6.42 Å². The molecule has 1 heterocycles. The van der Waals surface area contributed by atoms with Crippen molar-refractivity contribution in [3.8, 4) is 0 Å². The summed E-state index contributed by atoms with van der Waals surface area (Å²) in [4.78, 5) is 11.5. The molecule has 0 aliphatic rings. The van der Waals surface area contributed by atoms with Crippen molar-refractivity contribution in [3.63, 3.8) is 0 Å². The van der Waals surface area contributed by atoms with Crippen molar-refractivity contribution >= 4 is 22.4 Å². The number of carbonyl (C=O) groups excluding carboxylic acids is 1. The molecule has 0 spiro atoms. The lowest BCUT2D eigenvalue weighted by atomic mass is 10.1. The lowest BCUT2D eigenvalue weighted by Crippen LogP contribution is -2.28. The van der Waals surface area contributed by atoms with Crippen LogP contribution in [0.4, 0.5) is 5.13 Å². The Bertz CT molecular complexity index is 367. The number of amides is 1. The molecule has 3 N–H and O–H groups in total. The number of nitrogens with one attached hydrogen (secondary N) is 1. The smallest absolute Gasteiger partial charge is 0.226 e. The normalized spacial score (nSPS) is 11.9. The molecule has 0 atom stereocenters. The zero-order valence-corrected chi connectivity index (χ0v) is 10.9. The summed E-state index contributed by atoms with van der Waals surface area (Å²) in [6.45, 7) is 7.70. The second kappa shape index (κ2) is 4.88. The molecule has 0 saturated heterocycles. The van der Waals surface area contributed by atoms with E-state index < -0.39 is 5.54 Å². The number of nitrogens with two attached hydrogens (primary N) is 1. The van der Waals surface area contributed by atoms with Crippen LogP contribution in [0.5, 0.6) is 0 Å². The van der Waals surface area contributed by atoms with E-state index in [-0.39, 0.29) is 5.91 Å². The molecule has 16 heavy (non-hydrogen) atoms. The maximum absolute atomic E-state index is 11.5. The summed E-state index contributed by atoms with van der Waals surface area (Å²) in [6, 6.07) is 0. The van der Waals surface area contributed by atoms with Gasteiger partial charge in [-0.05, 0) is 19.8 Å². The summed E-state index contributed by atoms with van der Waals surface area (Å²) in [6.07, 6.45) is 0.487. The number of aromatic nitrogens is 2. The average Bonchev–Trinajstić information content (AvgIpc) is 2.49. The zero-order valence-electron chi connectivity index (χ0n) is 10.1. The highest BCUT2D eigenvalue weighted by molar-refractivity contribution is 7.15. The van der Waals surface area contributed by atoms with Gasteiger partial charge in [-0.1, -0.05) is 25.2 Å². The van der Waals surface area contributed by atoms with E-state index >= 15 is 0 Å². The van der Waals surface area contributed by atoms with Crippen molar-refractivity contribution in [1.29, 1.82) is 0 Å². The summed E-state index contributed by atoms with van der Waals surface area (Å²) in [5, 5.41) is 11.8. The van der Waals surface area contributed by atoms with Gasteiger partial charge in [-0.3, -0.25) is 4.79 Å². The molecule has 1 aromatic heterocycles. The number of rotatable bonds is 4. The van der Waals surface area contributed by atoms with E-state index in [0.29, 0.717) is 22.5 Å². The molecule has 0 radical (unpaired) electrons. The third-order valence-electron chi connectivity index (χ3n) is 1.82. The fraction of sp³-hybridized carbons (Fsp3) is 0.700. The zero-order chi connectivity index (χ0) is 12.3. The van der Waals surface area contributed by atoms with E-state index in [9.17, 15) is 4.79 Å². The van der Waals surface area contributed by atoms with Crippen LogP contribution in [0.25, 0.3) is 0 Å². The van der Waals surface area contributed by atoms with E-state index in [1.54, 1.807) is 0 Å². The van der Waals surface area contributed by atoms with Crippen molar-refractivity contribution in [3.05, 3.63) is 5.01 Å². The lowest BCUT2D eigenvalue weighted by Gasteiger charge is -2.12. The molecule has 0 aliphatic carbocycles. The van der Waals surface area contributed by atoms with E-state index in [0.717, 1.165) is 0 Å². The van der Waals surface area contributed by atoms with E-state index in [1.165, 1.54) is 11.3 Å².